The lowest BCUT2D eigenvalue weighted by Gasteiger charge is -2.35. The van der Waals surface area contributed by atoms with Gasteiger partial charge < -0.3 is 0 Å². The molecule has 0 N–H and O–H groups in total. The van der Waals surface area contributed by atoms with Crippen molar-refractivity contribution in [1.29, 1.82) is 0 Å². The van der Waals surface area contributed by atoms with Gasteiger partial charge in [0.05, 0.1) is 11.8 Å². The van der Waals surface area contributed by atoms with Gasteiger partial charge in [0.25, 0.3) is 0 Å². The van der Waals surface area contributed by atoms with Crippen molar-refractivity contribution in [2.75, 3.05) is 0 Å². The molecule has 1 saturated heterocycles. The summed E-state index contributed by atoms with van der Waals surface area (Å²) >= 11 is 2.07. The first-order valence-electron chi connectivity index (χ1n) is 5.95. The van der Waals surface area contributed by atoms with E-state index in [2.05, 4.69) is 38.3 Å². The van der Waals surface area contributed by atoms with Gasteiger partial charge in [-0.15, -0.1) is 11.8 Å². The number of thioether (sulfide) groups is 1. The molecule has 4 atom stereocenters. The summed E-state index contributed by atoms with van der Waals surface area (Å²) in [5, 5.41) is 1.22. The van der Waals surface area contributed by atoms with Crippen molar-refractivity contribution in [3.05, 3.63) is 0 Å². The molecule has 0 radical (unpaired) electrons. The van der Waals surface area contributed by atoms with Gasteiger partial charge in [-0.2, -0.15) is 0 Å². The SMILES string of the molecule is CC1([Si](C)(C)C)SC2CCCCC2S1=O. The van der Waals surface area contributed by atoms with Crippen LogP contribution >= 0.6 is 11.8 Å². The summed E-state index contributed by atoms with van der Waals surface area (Å²) in [6.07, 6.45) is 5.17. The smallest absolute Gasteiger partial charge is 0.0793 e. The van der Waals surface area contributed by atoms with Crippen LogP contribution in [0.25, 0.3) is 0 Å². The lowest BCUT2D eigenvalue weighted by molar-refractivity contribution is 0.521. The summed E-state index contributed by atoms with van der Waals surface area (Å²) in [4.78, 5) is 0. The van der Waals surface area contributed by atoms with Crippen molar-refractivity contribution >= 4 is 30.6 Å². The zero-order valence-electron chi connectivity index (χ0n) is 10.2. The molecular formula is C11H22OS2Si. The van der Waals surface area contributed by atoms with E-state index in [1.165, 1.54) is 25.7 Å². The largest absolute Gasteiger partial charge is 0.258 e. The average Bonchev–Trinajstić information content (AvgIpc) is 2.40. The third-order valence-electron chi connectivity index (χ3n) is 4.04. The molecule has 15 heavy (non-hydrogen) atoms. The Morgan fingerprint density at radius 1 is 1.27 bits per heavy atom. The molecule has 4 unspecified atom stereocenters. The molecule has 4 heteroatoms. The van der Waals surface area contributed by atoms with Crippen molar-refractivity contribution in [1.82, 2.24) is 0 Å². The van der Waals surface area contributed by atoms with Crippen LogP contribution in [-0.2, 0) is 10.8 Å². The lowest BCUT2D eigenvalue weighted by atomic mass is 10.00. The molecule has 0 amide bonds. The van der Waals surface area contributed by atoms with E-state index in [0.29, 0.717) is 10.5 Å². The highest BCUT2D eigenvalue weighted by molar-refractivity contribution is 8.18. The first kappa shape index (κ1) is 12.2. The van der Waals surface area contributed by atoms with Crippen LogP contribution in [0, 0.1) is 0 Å². The monoisotopic (exact) mass is 262 g/mol. The van der Waals surface area contributed by atoms with E-state index in [9.17, 15) is 4.21 Å². The van der Waals surface area contributed by atoms with Crippen LogP contribution in [0.1, 0.15) is 32.6 Å². The van der Waals surface area contributed by atoms with Crippen LogP contribution < -0.4 is 0 Å². The molecule has 1 aliphatic carbocycles. The summed E-state index contributed by atoms with van der Waals surface area (Å²) in [5.41, 5.74) is 0. The Bertz CT molecular complexity index is 287. The number of fused-ring (bicyclic) bond motifs is 1. The molecule has 2 aliphatic rings. The maximum atomic E-state index is 12.6. The summed E-state index contributed by atoms with van der Waals surface area (Å²) in [6.45, 7) is 9.39. The van der Waals surface area contributed by atoms with Gasteiger partial charge in [-0.05, 0) is 19.8 Å². The Balaban J connectivity index is 2.27. The van der Waals surface area contributed by atoms with Crippen molar-refractivity contribution in [2.24, 2.45) is 0 Å². The molecule has 1 aliphatic heterocycles. The molecule has 1 nitrogen and oxygen atoms in total. The highest BCUT2D eigenvalue weighted by Crippen LogP contribution is 2.53. The van der Waals surface area contributed by atoms with E-state index in [1.807, 2.05) is 0 Å². The second-order valence-electron chi connectivity index (χ2n) is 5.97. The lowest BCUT2D eigenvalue weighted by Crippen LogP contribution is -2.49. The molecule has 88 valence electrons. The van der Waals surface area contributed by atoms with Gasteiger partial charge in [0.15, 0.2) is 0 Å². The van der Waals surface area contributed by atoms with Crippen molar-refractivity contribution in [3.8, 4) is 0 Å². The molecule has 0 aromatic heterocycles. The minimum atomic E-state index is -1.34. The average molecular weight is 263 g/mol. The Labute approximate surface area is 101 Å². The van der Waals surface area contributed by atoms with E-state index in [0.717, 1.165) is 0 Å². The fraction of sp³-hybridized carbons (Fsp3) is 1.00. The predicted molar refractivity (Wildman–Crippen MR) is 73.5 cm³/mol. The third-order valence-corrected chi connectivity index (χ3v) is 15.5. The molecule has 0 spiro atoms. The maximum Gasteiger partial charge on any atom is 0.0793 e. The predicted octanol–water partition coefficient (Wildman–Crippen LogP) is 3.39. The number of hydrogen-bond acceptors (Lipinski definition) is 2. The summed E-state index contributed by atoms with van der Waals surface area (Å²) in [7, 11) is -1.92. The van der Waals surface area contributed by atoms with Crippen molar-refractivity contribution < 1.29 is 4.21 Å². The number of hydrogen-bond donors (Lipinski definition) is 0. The van der Waals surface area contributed by atoms with Gasteiger partial charge in [0.2, 0.25) is 0 Å². The van der Waals surface area contributed by atoms with Crippen molar-refractivity contribution in [3.63, 3.8) is 0 Å². The summed E-state index contributed by atoms with van der Waals surface area (Å²) in [5.74, 6) is 0. The second kappa shape index (κ2) is 3.88. The zero-order valence-corrected chi connectivity index (χ0v) is 12.8. The van der Waals surface area contributed by atoms with Crippen LogP contribution in [0.4, 0.5) is 0 Å². The minimum Gasteiger partial charge on any atom is -0.258 e. The van der Waals surface area contributed by atoms with Gasteiger partial charge in [0, 0.05) is 21.3 Å². The van der Waals surface area contributed by atoms with Gasteiger partial charge in [-0.25, -0.2) is 0 Å². The van der Waals surface area contributed by atoms with E-state index in [1.54, 1.807) is 0 Å². The van der Waals surface area contributed by atoms with Gasteiger partial charge >= 0.3 is 0 Å². The molecule has 0 aromatic carbocycles. The third kappa shape index (κ3) is 1.87. The van der Waals surface area contributed by atoms with Gasteiger partial charge in [-0.3, -0.25) is 4.21 Å². The van der Waals surface area contributed by atoms with Crippen LogP contribution in [-0.4, -0.2) is 26.5 Å². The van der Waals surface area contributed by atoms with E-state index >= 15 is 0 Å². The van der Waals surface area contributed by atoms with Gasteiger partial charge in [0.1, 0.15) is 0 Å². The highest BCUT2D eigenvalue weighted by atomic mass is 32.2. The molecule has 1 saturated carbocycles. The fourth-order valence-electron chi connectivity index (χ4n) is 2.55. The van der Waals surface area contributed by atoms with Crippen molar-refractivity contribution in [2.45, 2.75) is 66.5 Å². The Kier molecular flexibility index (Phi) is 3.15. The number of rotatable bonds is 1. The van der Waals surface area contributed by atoms with Crippen LogP contribution in [0.2, 0.25) is 19.6 Å². The molecular weight excluding hydrogens is 240 g/mol. The maximum absolute atomic E-state index is 12.6. The molecule has 0 bridgehead atoms. The molecule has 0 aromatic rings. The Morgan fingerprint density at radius 3 is 2.40 bits per heavy atom. The first-order chi connectivity index (χ1) is 6.86. The quantitative estimate of drug-likeness (QED) is 0.674. The second-order valence-corrected chi connectivity index (χ2v) is 16.1. The van der Waals surface area contributed by atoms with Crippen LogP contribution in [0.15, 0.2) is 0 Å². The van der Waals surface area contributed by atoms with Gasteiger partial charge in [-0.1, -0.05) is 32.5 Å². The standard InChI is InChI=1S/C11H22OS2Si/c1-11(15(2,3)4)13-9-7-5-6-8-10(9)14(11)12/h9-10H,5-8H2,1-4H3. The Morgan fingerprint density at radius 2 is 1.87 bits per heavy atom. The normalized spacial score (nSPS) is 46.5. The molecule has 2 rings (SSSR count). The highest BCUT2D eigenvalue weighted by Gasteiger charge is 2.56. The van der Waals surface area contributed by atoms with E-state index < -0.39 is 18.9 Å². The zero-order chi connectivity index (χ0) is 11.3. The summed E-state index contributed by atoms with van der Waals surface area (Å²) < 4.78 is 12.7. The first-order valence-corrected chi connectivity index (χ1v) is 11.5. The van der Waals surface area contributed by atoms with E-state index in [-0.39, 0.29) is 3.70 Å². The topological polar surface area (TPSA) is 17.1 Å². The fourth-order valence-corrected chi connectivity index (χ4v) is 11.4. The van der Waals surface area contributed by atoms with Crippen LogP contribution in [0.5, 0.6) is 0 Å². The molecule has 1 heterocycles. The minimum absolute atomic E-state index is 0.104. The van der Waals surface area contributed by atoms with Crippen LogP contribution in [0.3, 0.4) is 0 Å². The Hall–Kier alpha value is 0.717. The summed E-state index contributed by atoms with van der Waals surface area (Å²) in [6, 6.07) is 0. The molecule has 2 fully saturated rings. The van der Waals surface area contributed by atoms with E-state index in [4.69, 9.17) is 0 Å².